The first-order valence-electron chi connectivity index (χ1n) is 10.4. The fraction of sp³-hybridized carbons (Fsp3) is 0.435. The molecular weight excluding hydrogens is 510 g/mol. The number of aliphatic imine (C=N–C) groups is 1. The zero-order chi connectivity index (χ0) is 21.2. The molecule has 1 fully saturated rings. The van der Waals surface area contributed by atoms with Gasteiger partial charge in [-0.25, -0.2) is 9.38 Å². The van der Waals surface area contributed by atoms with E-state index in [1.807, 2.05) is 43.3 Å². The molecule has 3 rings (SSSR count). The smallest absolute Gasteiger partial charge is 0.191 e. The Morgan fingerprint density at radius 1 is 1.13 bits per heavy atom. The molecule has 1 atom stereocenters. The van der Waals surface area contributed by atoms with Gasteiger partial charge in [0.05, 0.1) is 32.9 Å². The SMILES string of the molecule is CCNC(=NCc1ccccc1OC)NCC(c1ccc(F)cc1)N1CCOCC1.I. The van der Waals surface area contributed by atoms with Gasteiger partial charge in [0.25, 0.3) is 0 Å². The van der Waals surface area contributed by atoms with Crippen molar-refractivity contribution in [3.05, 3.63) is 65.5 Å². The number of ether oxygens (including phenoxy) is 2. The molecule has 170 valence electrons. The van der Waals surface area contributed by atoms with E-state index in [0.29, 0.717) is 26.3 Å². The van der Waals surface area contributed by atoms with Crippen molar-refractivity contribution in [1.29, 1.82) is 0 Å². The predicted molar refractivity (Wildman–Crippen MR) is 133 cm³/mol. The number of para-hydroxylation sites is 1. The highest BCUT2D eigenvalue weighted by molar-refractivity contribution is 14.0. The number of nitrogens with zero attached hydrogens (tertiary/aromatic N) is 2. The third kappa shape index (κ3) is 7.62. The molecule has 2 N–H and O–H groups in total. The number of halogens is 2. The van der Waals surface area contributed by atoms with Crippen LogP contribution in [0.25, 0.3) is 0 Å². The van der Waals surface area contributed by atoms with Gasteiger partial charge in [-0.15, -0.1) is 24.0 Å². The van der Waals surface area contributed by atoms with Crippen molar-refractivity contribution < 1.29 is 13.9 Å². The normalized spacial score (nSPS) is 15.6. The minimum atomic E-state index is -0.223. The number of nitrogens with one attached hydrogen (secondary N) is 2. The molecule has 0 saturated carbocycles. The van der Waals surface area contributed by atoms with Crippen molar-refractivity contribution in [2.45, 2.75) is 19.5 Å². The van der Waals surface area contributed by atoms with E-state index in [1.165, 1.54) is 12.1 Å². The number of hydrogen-bond donors (Lipinski definition) is 2. The third-order valence-corrected chi connectivity index (χ3v) is 5.15. The molecule has 6 nitrogen and oxygen atoms in total. The summed E-state index contributed by atoms with van der Waals surface area (Å²) in [6, 6.07) is 14.7. The highest BCUT2D eigenvalue weighted by atomic mass is 127. The Labute approximate surface area is 201 Å². The van der Waals surface area contributed by atoms with E-state index < -0.39 is 0 Å². The van der Waals surface area contributed by atoms with E-state index in [2.05, 4.69) is 15.5 Å². The van der Waals surface area contributed by atoms with Crippen molar-refractivity contribution >= 4 is 29.9 Å². The number of hydrogen-bond acceptors (Lipinski definition) is 4. The lowest BCUT2D eigenvalue weighted by molar-refractivity contribution is 0.0170. The van der Waals surface area contributed by atoms with Crippen LogP contribution in [0.1, 0.15) is 24.1 Å². The average molecular weight is 542 g/mol. The van der Waals surface area contributed by atoms with Crippen LogP contribution in [0.5, 0.6) is 5.75 Å². The van der Waals surface area contributed by atoms with Gasteiger partial charge >= 0.3 is 0 Å². The second kappa shape index (κ2) is 13.5. The lowest BCUT2D eigenvalue weighted by atomic mass is 10.0. The van der Waals surface area contributed by atoms with Crippen LogP contribution in [0.2, 0.25) is 0 Å². The molecule has 1 heterocycles. The zero-order valence-electron chi connectivity index (χ0n) is 18.1. The summed E-state index contributed by atoms with van der Waals surface area (Å²) in [6.07, 6.45) is 0. The molecule has 0 aliphatic carbocycles. The van der Waals surface area contributed by atoms with Gasteiger partial charge in [0.2, 0.25) is 0 Å². The van der Waals surface area contributed by atoms with Crippen molar-refractivity contribution in [3.63, 3.8) is 0 Å². The van der Waals surface area contributed by atoms with Gasteiger partial charge in [0, 0.05) is 31.7 Å². The quantitative estimate of drug-likeness (QED) is 0.304. The second-order valence-corrected chi connectivity index (χ2v) is 7.10. The molecule has 0 spiro atoms. The molecule has 0 bridgehead atoms. The highest BCUT2D eigenvalue weighted by Gasteiger charge is 2.23. The average Bonchev–Trinajstić information content (AvgIpc) is 2.79. The topological polar surface area (TPSA) is 58.1 Å². The molecule has 1 unspecified atom stereocenters. The van der Waals surface area contributed by atoms with Gasteiger partial charge in [-0.2, -0.15) is 0 Å². The van der Waals surface area contributed by atoms with E-state index in [0.717, 1.165) is 42.5 Å². The Balaban J connectivity index is 0.00000341. The molecule has 0 radical (unpaired) electrons. The molecule has 2 aromatic rings. The lowest BCUT2D eigenvalue weighted by Crippen LogP contribution is -2.46. The van der Waals surface area contributed by atoms with Gasteiger partial charge in [-0.05, 0) is 30.7 Å². The summed E-state index contributed by atoms with van der Waals surface area (Å²) < 4.78 is 24.4. The fourth-order valence-corrected chi connectivity index (χ4v) is 3.56. The first-order valence-corrected chi connectivity index (χ1v) is 10.4. The van der Waals surface area contributed by atoms with Crippen LogP contribution in [0.3, 0.4) is 0 Å². The Bertz CT molecular complexity index is 813. The van der Waals surface area contributed by atoms with E-state index >= 15 is 0 Å². The molecule has 1 aliphatic rings. The third-order valence-electron chi connectivity index (χ3n) is 5.15. The van der Waals surface area contributed by atoms with Crippen LogP contribution < -0.4 is 15.4 Å². The maximum absolute atomic E-state index is 13.4. The van der Waals surface area contributed by atoms with Gasteiger partial charge in [-0.1, -0.05) is 30.3 Å². The summed E-state index contributed by atoms with van der Waals surface area (Å²) >= 11 is 0. The van der Waals surface area contributed by atoms with Crippen LogP contribution >= 0.6 is 24.0 Å². The Morgan fingerprint density at radius 3 is 2.52 bits per heavy atom. The molecule has 0 amide bonds. The fourth-order valence-electron chi connectivity index (χ4n) is 3.56. The van der Waals surface area contributed by atoms with Gasteiger partial charge in [0.15, 0.2) is 5.96 Å². The predicted octanol–water partition coefficient (Wildman–Crippen LogP) is 3.58. The van der Waals surface area contributed by atoms with E-state index in [4.69, 9.17) is 14.5 Å². The number of benzene rings is 2. The first kappa shape index (κ1) is 25.4. The molecule has 31 heavy (non-hydrogen) atoms. The van der Waals surface area contributed by atoms with Crippen LogP contribution in [-0.2, 0) is 11.3 Å². The summed E-state index contributed by atoms with van der Waals surface area (Å²) in [5, 5.41) is 6.76. The maximum Gasteiger partial charge on any atom is 0.191 e. The minimum Gasteiger partial charge on any atom is -0.496 e. The van der Waals surface area contributed by atoms with Crippen LogP contribution in [0, 0.1) is 5.82 Å². The van der Waals surface area contributed by atoms with E-state index in [1.54, 1.807) is 7.11 Å². The monoisotopic (exact) mass is 542 g/mol. The Kier molecular flexibility index (Phi) is 11.0. The van der Waals surface area contributed by atoms with Crippen LogP contribution in [0.15, 0.2) is 53.5 Å². The summed E-state index contributed by atoms with van der Waals surface area (Å²) in [4.78, 5) is 7.10. The zero-order valence-corrected chi connectivity index (χ0v) is 20.5. The van der Waals surface area contributed by atoms with Gasteiger partial charge in [0.1, 0.15) is 11.6 Å². The Hall–Kier alpha value is -1.91. The summed E-state index contributed by atoms with van der Waals surface area (Å²) in [7, 11) is 1.67. The molecule has 1 aliphatic heterocycles. The molecule has 8 heteroatoms. The van der Waals surface area contributed by atoms with Crippen molar-refractivity contribution in [2.24, 2.45) is 4.99 Å². The number of guanidine groups is 1. The van der Waals surface area contributed by atoms with Crippen LogP contribution in [0.4, 0.5) is 4.39 Å². The molecule has 2 aromatic carbocycles. The molecule has 0 aromatic heterocycles. The van der Waals surface area contributed by atoms with Crippen molar-refractivity contribution in [2.75, 3.05) is 46.5 Å². The highest BCUT2D eigenvalue weighted by Crippen LogP contribution is 2.22. The van der Waals surface area contributed by atoms with E-state index in [9.17, 15) is 4.39 Å². The number of morpholine rings is 1. The largest absolute Gasteiger partial charge is 0.496 e. The minimum absolute atomic E-state index is 0. The standard InChI is InChI=1S/C23H31FN4O2.HI/c1-3-25-23(26-16-19-6-4-5-7-22(19)29-2)27-17-21(28-12-14-30-15-13-28)18-8-10-20(24)11-9-18;/h4-11,21H,3,12-17H2,1-2H3,(H2,25,26,27);1H. The van der Waals surface area contributed by atoms with Gasteiger partial charge < -0.3 is 20.1 Å². The molecular formula is C23H32FIN4O2. The summed E-state index contributed by atoms with van der Waals surface area (Å²) in [6.45, 7) is 7.08. The van der Waals surface area contributed by atoms with Crippen molar-refractivity contribution in [3.8, 4) is 5.75 Å². The second-order valence-electron chi connectivity index (χ2n) is 7.10. The maximum atomic E-state index is 13.4. The van der Waals surface area contributed by atoms with E-state index in [-0.39, 0.29) is 35.8 Å². The van der Waals surface area contributed by atoms with Crippen LogP contribution in [-0.4, -0.2) is 57.4 Å². The summed E-state index contributed by atoms with van der Waals surface area (Å²) in [5.74, 6) is 1.34. The summed E-state index contributed by atoms with van der Waals surface area (Å²) in [5.41, 5.74) is 2.10. The Morgan fingerprint density at radius 2 is 1.84 bits per heavy atom. The number of methoxy groups -OCH3 is 1. The van der Waals surface area contributed by atoms with Gasteiger partial charge in [-0.3, -0.25) is 4.90 Å². The van der Waals surface area contributed by atoms with Crippen molar-refractivity contribution in [1.82, 2.24) is 15.5 Å². The lowest BCUT2D eigenvalue weighted by Gasteiger charge is -2.35. The number of rotatable bonds is 8. The molecule has 1 saturated heterocycles. The first-order chi connectivity index (χ1) is 14.7.